The van der Waals surface area contributed by atoms with E-state index in [2.05, 4.69) is 5.10 Å². The van der Waals surface area contributed by atoms with Crippen LogP contribution in [0, 0.1) is 5.92 Å². The first-order chi connectivity index (χ1) is 14.5. The Morgan fingerprint density at radius 2 is 2.07 bits per heavy atom. The first kappa shape index (κ1) is 19.3. The Morgan fingerprint density at radius 3 is 2.77 bits per heavy atom. The summed E-state index contributed by atoms with van der Waals surface area (Å²) in [4.78, 5) is 45.1. The third-order valence-corrected chi connectivity index (χ3v) is 7.39. The topological polar surface area (TPSA) is 78.8 Å². The van der Waals surface area contributed by atoms with Crippen molar-refractivity contribution >= 4 is 34.1 Å². The van der Waals surface area contributed by atoms with Crippen LogP contribution in [0.1, 0.15) is 50.9 Å². The van der Waals surface area contributed by atoms with Gasteiger partial charge in [-0.15, -0.1) is 11.3 Å². The van der Waals surface area contributed by atoms with E-state index >= 15 is 0 Å². The standard InChI is InChI=1S/C21H25N5O3S/c1-3-25-10-14(8-22-25)19(28)24-7-6-15-16(11-24)30-21-18(15)20(29)23(2)12-17(27)26(21)9-13-4-5-13/h8,10,13H,3-7,9,11-12H2,1-2H3. The number of nitrogens with zero attached hydrogens (tertiary/aromatic N) is 5. The van der Waals surface area contributed by atoms with Crippen LogP contribution in [0.2, 0.25) is 0 Å². The molecule has 1 aliphatic carbocycles. The minimum atomic E-state index is -0.0851. The largest absolute Gasteiger partial charge is 0.333 e. The van der Waals surface area contributed by atoms with Gasteiger partial charge >= 0.3 is 0 Å². The van der Waals surface area contributed by atoms with Gasteiger partial charge in [0.15, 0.2) is 0 Å². The van der Waals surface area contributed by atoms with Crippen LogP contribution in [0.15, 0.2) is 12.4 Å². The van der Waals surface area contributed by atoms with Crippen LogP contribution in [-0.4, -0.2) is 64.0 Å². The van der Waals surface area contributed by atoms with Crippen molar-refractivity contribution < 1.29 is 14.4 Å². The van der Waals surface area contributed by atoms with E-state index in [0.29, 0.717) is 43.1 Å². The third-order valence-electron chi connectivity index (χ3n) is 6.15. The number of thiophene rings is 1. The molecule has 158 valence electrons. The van der Waals surface area contributed by atoms with E-state index < -0.39 is 0 Å². The van der Waals surface area contributed by atoms with E-state index in [4.69, 9.17) is 0 Å². The smallest absolute Gasteiger partial charge is 0.257 e. The second-order valence-electron chi connectivity index (χ2n) is 8.35. The molecule has 0 unspecified atom stereocenters. The molecule has 0 saturated heterocycles. The molecule has 2 aromatic heterocycles. The Kier molecular flexibility index (Phi) is 4.65. The predicted octanol–water partition coefficient (Wildman–Crippen LogP) is 1.99. The van der Waals surface area contributed by atoms with E-state index in [-0.39, 0.29) is 24.3 Å². The van der Waals surface area contributed by atoms with Crippen molar-refractivity contribution in [3.63, 3.8) is 0 Å². The van der Waals surface area contributed by atoms with Crippen molar-refractivity contribution in [2.24, 2.45) is 5.92 Å². The summed E-state index contributed by atoms with van der Waals surface area (Å²) in [5.41, 5.74) is 2.27. The number of likely N-dealkylation sites (N-methyl/N-ethyl adjacent to an activating group) is 1. The van der Waals surface area contributed by atoms with Crippen molar-refractivity contribution in [2.45, 2.75) is 39.3 Å². The minimum absolute atomic E-state index is 0.0185. The number of hydrogen-bond donors (Lipinski definition) is 0. The zero-order chi connectivity index (χ0) is 21.0. The molecule has 0 atom stereocenters. The SMILES string of the molecule is CCn1cc(C(=O)N2CCc3c(sc4c3C(=O)N(C)CC(=O)N4CC3CC3)C2)cn1. The molecule has 4 heterocycles. The number of fused-ring (bicyclic) bond motifs is 3. The number of carbonyl (C=O) groups excluding carboxylic acids is 3. The summed E-state index contributed by atoms with van der Waals surface area (Å²) >= 11 is 1.51. The third kappa shape index (κ3) is 3.21. The molecule has 2 aliphatic heterocycles. The summed E-state index contributed by atoms with van der Waals surface area (Å²) in [6, 6.07) is 0. The molecule has 0 N–H and O–H groups in total. The summed E-state index contributed by atoms with van der Waals surface area (Å²) in [6.07, 6.45) is 6.29. The number of carbonyl (C=O) groups is 3. The highest BCUT2D eigenvalue weighted by atomic mass is 32.1. The number of aromatic nitrogens is 2. The van der Waals surface area contributed by atoms with Gasteiger partial charge in [-0.2, -0.15) is 5.10 Å². The van der Waals surface area contributed by atoms with Gasteiger partial charge in [-0.3, -0.25) is 19.1 Å². The highest BCUT2D eigenvalue weighted by molar-refractivity contribution is 7.17. The highest BCUT2D eigenvalue weighted by Crippen LogP contribution is 2.43. The monoisotopic (exact) mass is 427 g/mol. The van der Waals surface area contributed by atoms with Crippen molar-refractivity contribution in [2.75, 3.05) is 31.6 Å². The van der Waals surface area contributed by atoms with E-state index in [9.17, 15) is 14.4 Å². The molecule has 3 amide bonds. The fourth-order valence-corrected chi connectivity index (χ4v) is 5.59. The van der Waals surface area contributed by atoms with E-state index in [1.54, 1.807) is 24.1 Å². The lowest BCUT2D eigenvalue weighted by atomic mass is 10.0. The number of anilines is 1. The van der Waals surface area contributed by atoms with Gasteiger partial charge in [0.2, 0.25) is 5.91 Å². The van der Waals surface area contributed by atoms with Crippen LogP contribution < -0.4 is 4.90 Å². The van der Waals surface area contributed by atoms with Gasteiger partial charge in [-0.05, 0) is 37.7 Å². The van der Waals surface area contributed by atoms with E-state index in [1.807, 2.05) is 16.7 Å². The van der Waals surface area contributed by atoms with Crippen LogP contribution in [0.4, 0.5) is 5.00 Å². The molecule has 3 aliphatic rings. The van der Waals surface area contributed by atoms with Crippen LogP contribution >= 0.6 is 11.3 Å². The van der Waals surface area contributed by atoms with Crippen molar-refractivity contribution in [3.05, 3.63) is 34.0 Å². The Hall–Kier alpha value is -2.68. The fourth-order valence-electron chi connectivity index (χ4n) is 4.21. The summed E-state index contributed by atoms with van der Waals surface area (Å²) in [7, 11) is 1.69. The van der Waals surface area contributed by atoms with Crippen molar-refractivity contribution in [1.29, 1.82) is 0 Å². The van der Waals surface area contributed by atoms with Gasteiger partial charge in [0.05, 0.1) is 23.9 Å². The van der Waals surface area contributed by atoms with Gasteiger partial charge in [0.25, 0.3) is 11.8 Å². The molecular formula is C21H25N5O3S. The lowest BCUT2D eigenvalue weighted by Gasteiger charge is -2.27. The van der Waals surface area contributed by atoms with Crippen LogP contribution in [0.3, 0.4) is 0 Å². The van der Waals surface area contributed by atoms with Crippen molar-refractivity contribution in [3.8, 4) is 0 Å². The van der Waals surface area contributed by atoms with Gasteiger partial charge in [-0.25, -0.2) is 0 Å². The Balaban J connectivity index is 1.47. The lowest BCUT2D eigenvalue weighted by molar-refractivity contribution is -0.119. The van der Waals surface area contributed by atoms with Crippen molar-refractivity contribution in [1.82, 2.24) is 19.6 Å². The molecule has 1 fully saturated rings. The fraction of sp³-hybridized carbons (Fsp3) is 0.524. The lowest BCUT2D eigenvalue weighted by Crippen LogP contribution is -2.38. The summed E-state index contributed by atoms with van der Waals surface area (Å²) in [5, 5.41) is 4.98. The zero-order valence-electron chi connectivity index (χ0n) is 17.3. The molecule has 9 heteroatoms. The number of hydrogen-bond acceptors (Lipinski definition) is 5. The molecule has 30 heavy (non-hydrogen) atoms. The zero-order valence-corrected chi connectivity index (χ0v) is 18.1. The maximum Gasteiger partial charge on any atom is 0.257 e. The molecule has 5 rings (SSSR count). The summed E-state index contributed by atoms with van der Waals surface area (Å²) < 4.78 is 1.74. The Bertz CT molecular complexity index is 1040. The first-order valence-electron chi connectivity index (χ1n) is 10.5. The number of amides is 3. The summed E-state index contributed by atoms with van der Waals surface area (Å²) in [6.45, 7) is 4.52. The summed E-state index contributed by atoms with van der Waals surface area (Å²) in [5.74, 6) is 0.388. The maximum absolute atomic E-state index is 13.1. The average molecular weight is 428 g/mol. The van der Waals surface area contributed by atoms with Gasteiger partial charge in [-0.1, -0.05) is 0 Å². The Morgan fingerprint density at radius 1 is 1.27 bits per heavy atom. The van der Waals surface area contributed by atoms with E-state index in [1.165, 1.54) is 16.2 Å². The van der Waals surface area contributed by atoms with Gasteiger partial charge in [0.1, 0.15) is 11.5 Å². The second-order valence-corrected chi connectivity index (χ2v) is 9.44. The molecule has 8 nitrogen and oxygen atoms in total. The first-order valence-corrected chi connectivity index (χ1v) is 11.3. The van der Waals surface area contributed by atoms with Gasteiger partial charge in [0, 0.05) is 37.8 Å². The average Bonchev–Trinajstić information content (AvgIpc) is 3.32. The molecular weight excluding hydrogens is 402 g/mol. The molecule has 0 radical (unpaired) electrons. The number of rotatable bonds is 4. The molecule has 1 saturated carbocycles. The van der Waals surface area contributed by atoms with E-state index in [0.717, 1.165) is 34.8 Å². The normalized spacial score (nSPS) is 19.1. The second kappa shape index (κ2) is 7.23. The quantitative estimate of drug-likeness (QED) is 0.748. The van der Waals surface area contributed by atoms with Gasteiger partial charge < -0.3 is 14.7 Å². The predicted molar refractivity (Wildman–Crippen MR) is 113 cm³/mol. The minimum Gasteiger partial charge on any atom is -0.333 e. The van der Waals surface area contributed by atoms with Crippen LogP contribution in [0.5, 0.6) is 0 Å². The molecule has 0 spiro atoms. The highest BCUT2D eigenvalue weighted by Gasteiger charge is 2.39. The Labute approximate surface area is 179 Å². The maximum atomic E-state index is 13.1. The molecule has 2 aromatic rings. The van der Waals surface area contributed by atoms with Crippen LogP contribution in [0.25, 0.3) is 0 Å². The molecule has 0 bridgehead atoms. The van der Waals surface area contributed by atoms with Crippen LogP contribution in [-0.2, 0) is 24.3 Å². The molecule has 0 aromatic carbocycles. The number of aryl methyl sites for hydroxylation is 1.